The van der Waals surface area contributed by atoms with E-state index in [1.807, 2.05) is 6.07 Å². The summed E-state index contributed by atoms with van der Waals surface area (Å²) in [5, 5.41) is 11.3. The van der Waals surface area contributed by atoms with Crippen LogP contribution in [-0.2, 0) is 6.42 Å². The van der Waals surface area contributed by atoms with Crippen LogP contribution in [0.25, 0.3) is 0 Å². The molecule has 2 rings (SSSR count). The fraction of sp³-hybridized carbons (Fsp3) is 0.0769. The van der Waals surface area contributed by atoms with E-state index in [1.165, 1.54) is 6.20 Å². The van der Waals surface area contributed by atoms with Crippen molar-refractivity contribution < 1.29 is 4.79 Å². The van der Waals surface area contributed by atoms with E-state index < -0.39 is 0 Å². The molecule has 0 unspecified atom stereocenters. The molecule has 0 radical (unpaired) electrons. The Labute approximate surface area is 104 Å². The Balaban J connectivity index is 2.14. The second-order valence-corrected chi connectivity index (χ2v) is 3.57. The van der Waals surface area contributed by atoms with E-state index in [0.717, 1.165) is 0 Å². The second-order valence-electron chi connectivity index (χ2n) is 3.57. The molecule has 88 valence electrons. The highest BCUT2D eigenvalue weighted by molar-refractivity contribution is 6.04. The first-order valence-corrected chi connectivity index (χ1v) is 5.33. The summed E-state index contributed by atoms with van der Waals surface area (Å²) in [5.41, 5.74) is 1.68. The highest BCUT2D eigenvalue weighted by atomic mass is 16.1. The minimum Gasteiger partial charge on any atom is -0.321 e. The summed E-state index contributed by atoms with van der Waals surface area (Å²) in [4.78, 5) is 19.8. The molecule has 0 saturated heterocycles. The predicted octanol–water partition coefficient (Wildman–Crippen LogP) is 1.79. The Morgan fingerprint density at radius 3 is 3.00 bits per heavy atom. The molecule has 0 saturated carbocycles. The zero-order chi connectivity index (χ0) is 12.8. The predicted molar refractivity (Wildman–Crippen MR) is 65.7 cm³/mol. The molecule has 0 fully saturated rings. The van der Waals surface area contributed by atoms with Crippen molar-refractivity contribution in [3.8, 4) is 6.07 Å². The number of pyridine rings is 2. The molecule has 0 aliphatic heterocycles. The molecule has 1 N–H and O–H groups in total. The lowest BCUT2D eigenvalue weighted by atomic mass is 10.2. The molecule has 5 nitrogen and oxygen atoms in total. The molecule has 1 amide bonds. The Bertz CT molecular complexity index is 589. The first-order chi connectivity index (χ1) is 8.79. The number of nitrogens with zero attached hydrogens (tertiary/aromatic N) is 3. The third kappa shape index (κ3) is 2.89. The van der Waals surface area contributed by atoms with Crippen molar-refractivity contribution in [2.45, 2.75) is 6.42 Å². The number of nitriles is 1. The molecule has 18 heavy (non-hydrogen) atoms. The fourth-order valence-corrected chi connectivity index (χ4v) is 1.44. The molecular formula is C13H10N4O. The van der Waals surface area contributed by atoms with Crippen LogP contribution in [-0.4, -0.2) is 15.9 Å². The van der Waals surface area contributed by atoms with Crippen LogP contribution in [0, 0.1) is 11.3 Å². The monoisotopic (exact) mass is 238 g/mol. The van der Waals surface area contributed by atoms with Gasteiger partial charge in [0, 0.05) is 18.0 Å². The van der Waals surface area contributed by atoms with Gasteiger partial charge in [0.1, 0.15) is 0 Å². The Kier molecular flexibility index (Phi) is 3.62. The van der Waals surface area contributed by atoms with Gasteiger partial charge in [-0.25, -0.2) is 0 Å². The lowest BCUT2D eigenvalue weighted by molar-refractivity contribution is 0.102. The first-order valence-electron chi connectivity index (χ1n) is 5.33. The molecular weight excluding hydrogens is 228 g/mol. The number of hydrogen-bond donors (Lipinski definition) is 1. The lowest BCUT2D eigenvalue weighted by Gasteiger charge is -2.04. The van der Waals surface area contributed by atoms with Gasteiger partial charge in [0.25, 0.3) is 5.91 Å². The molecule has 0 spiro atoms. The summed E-state index contributed by atoms with van der Waals surface area (Å²) in [6.45, 7) is 0. The van der Waals surface area contributed by atoms with E-state index >= 15 is 0 Å². The molecule has 0 bridgehead atoms. The fourth-order valence-electron chi connectivity index (χ4n) is 1.44. The molecule has 0 atom stereocenters. The quantitative estimate of drug-likeness (QED) is 0.884. The van der Waals surface area contributed by atoms with Gasteiger partial charge < -0.3 is 5.32 Å². The summed E-state index contributed by atoms with van der Waals surface area (Å²) >= 11 is 0. The summed E-state index contributed by atoms with van der Waals surface area (Å²) in [7, 11) is 0. The van der Waals surface area contributed by atoms with E-state index in [1.54, 1.807) is 36.7 Å². The number of amides is 1. The van der Waals surface area contributed by atoms with Crippen LogP contribution in [0.3, 0.4) is 0 Å². The molecule has 2 aromatic rings. The summed E-state index contributed by atoms with van der Waals surface area (Å²) in [5.74, 6) is -0.246. The van der Waals surface area contributed by atoms with Gasteiger partial charge in [-0.05, 0) is 24.3 Å². The van der Waals surface area contributed by atoms with Gasteiger partial charge in [0.15, 0.2) is 0 Å². The Morgan fingerprint density at radius 1 is 1.39 bits per heavy atom. The molecule has 5 heteroatoms. The number of aromatic nitrogens is 2. The van der Waals surface area contributed by atoms with Crippen molar-refractivity contribution in [3.63, 3.8) is 0 Å². The standard InChI is InChI=1S/C13H10N4O/c14-5-3-11-8-10(4-7-16-11)13(18)17-12-2-1-6-15-9-12/h1-2,4,6-9H,3H2,(H,17,18). The highest BCUT2D eigenvalue weighted by Crippen LogP contribution is 2.08. The van der Waals surface area contributed by atoms with Crippen LogP contribution in [0.5, 0.6) is 0 Å². The third-order valence-electron chi connectivity index (χ3n) is 2.26. The van der Waals surface area contributed by atoms with Crippen LogP contribution in [0.4, 0.5) is 5.69 Å². The zero-order valence-electron chi connectivity index (χ0n) is 9.50. The van der Waals surface area contributed by atoms with E-state index in [4.69, 9.17) is 5.26 Å². The number of carbonyl (C=O) groups excluding carboxylic acids is 1. The van der Waals surface area contributed by atoms with Crippen molar-refractivity contribution >= 4 is 11.6 Å². The highest BCUT2D eigenvalue weighted by Gasteiger charge is 2.07. The van der Waals surface area contributed by atoms with Crippen LogP contribution >= 0.6 is 0 Å². The lowest BCUT2D eigenvalue weighted by Crippen LogP contribution is -2.12. The maximum absolute atomic E-state index is 11.9. The zero-order valence-corrected chi connectivity index (χ0v) is 9.50. The summed E-state index contributed by atoms with van der Waals surface area (Å²) in [6, 6.07) is 8.70. The van der Waals surface area contributed by atoms with E-state index in [9.17, 15) is 4.79 Å². The van der Waals surface area contributed by atoms with Crippen molar-refractivity contribution in [3.05, 3.63) is 54.1 Å². The maximum atomic E-state index is 11.9. The normalized spacial score (nSPS) is 9.50. The minimum atomic E-state index is -0.246. The topological polar surface area (TPSA) is 78.7 Å². The van der Waals surface area contributed by atoms with Crippen LogP contribution in [0.2, 0.25) is 0 Å². The molecule has 0 aromatic carbocycles. The van der Waals surface area contributed by atoms with Crippen LogP contribution in [0.15, 0.2) is 42.9 Å². The number of anilines is 1. The summed E-state index contributed by atoms with van der Waals surface area (Å²) < 4.78 is 0. The SMILES string of the molecule is N#CCc1cc(C(=O)Nc2cccnc2)ccn1. The van der Waals surface area contributed by atoms with Crippen LogP contribution in [0.1, 0.15) is 16.1 Å². The van der Waals surface area contributed by atoms with Gasteiger partial charge in [-0.15, -0.1) is 0 Å². The van der Waals surface area contributed by atoms with Gasteiger partial charge in [0.05, 0.1) is 30.1 Å². The molecule has 2 heterocycles. The largest absolute Gasteiger partial charge is 0.321 e. The van der Waals surface area contributed by atoms with Crippen molar-refractivity contribution in [2.75, 3.05) is 5.32 Å². The third-order valence-corrected chi connectivity index (χ3v) is 2.26. The number of hydrogen-bond acceptors (Lipinski definition) is 4. The van der Waals surface area contributed by atoms with E-state index in [-0.39, 0.29) is 12.3 Å². The second kappa shape index (κ2) is 5.55. The Hall–Kier alpha value is -2.74. The van der Waals surface area contributed by atoms with Gasteiger partial charge in [-0.1, -0.05) is 0 Å². The summed E-state index contributed by atoms with van der Waals surface area (Å²) in [6.07, 6.45) is 4.90. The van der Waals surface area contributed by atoms with Crippen molar-refractivity contribution in [2.24, 2.45) is 0 Å². The average Bonchev–Trinajstić information content (AvgIpc) is 2.40. The van der Waals surface area contributed by atoms with Crippen LogP contribution < -0.4 is 5.32 Å². The van der Waals surface area contributed by atoms with E-state index in [0.29, 0.717) is 16.9 Å². The maximum Gasteiger partial charge on any atom is 0.255 e. The Morgan fingerprint density at radius 2 is 2.28 bits per heavy atom. The number of carbonyl (C=O) groups is 1. The van der Waals surface area contributed by atoms with Gasteiger partial charge >= 0.3 is 0 Å². The number of rotatable bonds is 3. The average molecular weight is 238 g/mol. The van der Waals surface area contributed by atoms with E-state index in [2.05, 4.69) is 15.3 Å². The molecule has 0 aliphatic carbocycles. The van der Waals surface area contributed by atoms with Gasteiger partial charge in [-0.3, -0.25) is 14.8 Å². The first kappa shape index (κ1) is 11.7. The molecule has 0 aliphatic rings. The molecule has 2 aromatic heterocycles. The van der Waals surface area contributed by atoms with Crippen molar-refractivity contribution in [1.29, 1.82) is 5.26 Å². The van der Waals surface area contributed by atoms with Crippen molar-refractivity contribution in [1.82, 2.24) is 9.97 Å². The number of nitrogens with one attached hydrogen (secondary N) is 1. The van der Waals surface area contributed by atoms with Gasteiger partial charge in [0.2, 0.25) is 0 Å². The van der Waals surface area contributed by atoms with Gasteiger partial charge in [-0.2, -0.15) is 5.26 Å². The minimum absolute atomic E-state index is 0.189. The smallest absolute Gasteiger partial charge is 0.255 e.